The molecule has 0 aliphatic rings. The highest BCUT2D eigenvalue weighted by Crippen LogP contribution is 1.79. The van der Waals surface area contributed by atoms with Gasteiger partial charge in [0.1, 0.15) is 0 Å². The number of quaternary nitrogens is 1. The van der Waals surface area contributed by atoms with E-state index in [-0.39, 0.29) is 6.42 Å². The Morgan fingerprint density at radius 1 is 1.50 bits per heavy atom. The van der Waals surface area contributed by atoms with Crippen molar-refractivity contribution in [3.8, 4) is 0 Å². The molecule has 0 saturated carbocycles. The Morgan fingerprint density at radius 3 is 2.70 bits per heavy atom. The summed E-state index contributed by atoms with van der Waals surface area (Å²) in [7, 11) is 0. The van der Waals surface area contributed by atoms with Crippen LogP contribution in [0.25, 0.3) is 0 Å². The maximum Gasteiger partial charge on any atom is 0.0758 e. The molecule has 0 radical (unpaired) electrons. The predicted molar refractivity (Wildman–Crippen MR) is 36.2 cm³/mol. The van der Waals surface area contributed by atoms with Gasteiger partial charge in [0, 0.05) is 12.4 Å². The molecule has 0 rings (SSSR count). The largest absolute Gasteiger partial charge is 0.550 e. The Bertz CT molecular complexity index is 93.6. The number of hydrogen-bond acceptors (Lipinski definition) is 2. The molecule has 0 fully saturated rings. The summed E-state index contributed by atoms with van der Waals surface area (Å²) >= 11 is 0. The molecule has 60 valence electrons. The molecule has 0 unspecified atom stereocenters. The molecule has 0 aromatic carbocycles. The lowest BCUT2D eigenvalue weighted by atomic mass is 10.3. The van der Waals surface area contributed by atoms with Crippen LogP contribution in [-0.4, -0.2) is 19.1 Å². The second-order valence-corrected chi connectivity index (χ2v) is 2.34. The number of carboxylic acids is 1. The first-order valence-corrected chi connectivity index (χ1v) is 3.79. The van der Waals surface area contributed by atoms with Crippen molar-refractivity contribution in [2.24, 2.45) is 0 Å². The van der Waals surface area contributed by atoms with Crippen molar-refractivity contribution in [2.75, 3.05) is 13.1 Å². The van der Waals surface area contributed by atoms with Gasteiger partial charge in [-0.15, -0.1) is 0 Å². The Hall–Kier alpha value is -0.570. The van der Waals surface area contributed by atoms with Gasteiger partial charge in [-0.25, -0.2) is 0 Å². The lowest BCUT2D eigenvalue weighted by Gasteiger charge is -2.00. The van der Waals surface area contributed by atoms with Gasteiger partial charge in [-0.05, 0) is 12.8 Å². The van der Waals surface area contributed by atoms with E-state index in [0.29, 0.717) is 0 Å². The minimum atomic E-state index is -0.940. The quantitative estimate of drug-likeness (QED) is 0.462. The van der Waals surface area contributed by atoms with Gasteiger partial charge in [-0.1, -0.05) is 6.92 Å². The van der Waals surface area contributed by atoms with Gasteiger partial charge in [-0.2, -0.15) is 0 Å². The maximum atomic E-state index is 9.91. The molecule has 0 aliphatic heterocycles. The smallest absolute Gasteiger partial charge is 0.0758 e. The van der Waals surface area contributed by atoms with Crippen molar-refractivity contribution in [3.05, 3.63) is 0 Å². The SMILES string of the molecule is CCC[NH2+]CCCC(=O)[O-]. The number of hydrogen-bond donors (Lipinski definition) is 1. The lowest BCUT2D eigenvalue weighted by Crippen LogP contribution is -2.84. The van der Waals surface area contributed by atoms with Crippen molar-refractivity contribution in [3.63, 3.8) is 0 Å². The van der Waals surface area contributed by atoms with Gasteiger partial charge in [-0.3, -0.25) is 0 Å². The van der Waals surface area contributed by atoms with Crippen LogP contribution < -0.4 is 10.4 Å². The van der Waals surface area contributed by atoms with Crippen molar-refractivity contribution < 1.29 is 15.2 Å². The van der Waals surface area contributed by atoms with Crippen molar-refractivity contribution >= 4 is 5.97 Å². The lowest BCUT2D eigenvalue weighted by molar-refractivity contribution is -0.655. The third-order valence-electron chi connectivity index (χ3n) is 1.28. The van der Waals surface area contributed by atoms with Crippen LogP contribution in [0.3, 0.4) is 0 Å². The first-order chi connectivity index (χ1) is 4.77. The topological polar surface area (TPSA) is 56.7 Å². The molecule has 2 N–H and O–H groups in total. The van der Waals surface area contributed by atoms with Crippen LogP contribution in [0.1, 0.15) is 26.2 Å². The molecule has 0 aromatic rings. The average Bonchev–Trinajstić information content (AvgIpc) is 1.87. The maximum absolute atomic E-state index is 9.91. The molecule has 0 spiro atoms. The van der Waals surface area contributed by atoms with Crippen LogP contribution in [0.4, 0.5) is 0 Å². The molecule has 0 aliphatic carbocycles. The summed E-state index contributed by atoms with van der Waals surface area (Å²) in [6.07, 6.45) is 2.06. The monoisotopic (exact) mass is 145 g/mol. The standard InChI is InChI=1S/C7H15NO2/c1-2-5-8-6-3-4-7(9)10/h8H,2-6H2,1H3,(H,9,10). The van der Waals surface area contributed by atoms with Gasteiger partial charge in [0.2, 0.25) is 0 Å². The van der Waals surface area contributed by atoms with E-state index in [0.717, 1.165) is 25.9 Å². The van der Waals surface area contributed by atoms with Crippen LogP contribution in [0.5, 0.6) is 0 Å². The highest BCUT2D eigenvalue weighted by atomic mass is 16.4. The van der Waals surface area contributed by atoms with Crippen LogP contribution in [0.2, 0.25) is 0 Å². The molecule has 3 nitrogen and oxygen atoms in total. The predicted octanol–water partition coefficient (Wildman–Crippen LogP) is -1.51. The summed E-state index contributed by atoms with van der Waals surface area (Å²) in [5, 5.41) is 12.0. The molecule has 0 aromatic heterocycles. The number of rotatable bonds is 6. The van der Waals surface area contributed by atoms with E-state index in [1.807, 2.05) is 0 Å². The molecule has 3 heteroatoms. The summed E-state index contributed by atoms with van der Waals surface area (Å²) in [5.41, 5.74) is 0. The Kier molecular flexibility index (Phi) is 6.18. The summed E-state index contributed by atoms with van der Waals surface area (Å²) in [5.74, 6) is -0.940. The van der Waals surface area contributed by atoms with E-state index in [4.69, 9.17) is 0 Å². The second-order valence-electron chi connectivity index (χ2n) is 2.34. The van der Waals surface area contributed by atoms with Gasteiger partial charge < -0.3 is 15.2 Å². The number of carboxylic acid groups (broad SMARTS) is 1. The fourth-order valence-corrected chi connectivity index (χ4v) is 0.739. The second kappa shape index (κ2) is 6.55. The Morgan fingerprint density at radius 2 is 2.20 bits per heavy atom. The molecule has 0 amide bonds. The van der Waals surface area contributed by atoms with Crippen LogP contribution in [0.15, 0.2) is 0 Å². The first-order valence-electron chi connectivity index (χ1n) is 3.79. The molecule has 0 bridgehead atoms. The fraction of sp³-hybridized carbons (Fsp3) is 0.857. The number of carbonyl (C=O) groups excluding carboxylic acids is 1. The van der Waals surface area contributed by atoms with Crippen LogP contribution in [0, 0.1) is 0 Å². The average molecular weight is 145 g/mol. The van der Waals surface area contributed by atoms with Gasteiger partial charge in [0.05, 0.1) is 13.1 Å². The Balaban J connectivity index is 2.84. The minimum Gasteiger partial charge on any atom is -0.550 e. The van der Waals surface area contributed by atoms with Crippen LogP contribution >= 0.6 is 0 Å². The third-order valence-corrected chi connectivity index (χ3v) is 1.28. The van der Waals surface area contributed by atoms with Crippen molar-refractivity contribution in [1.82, 2.24) is 0 Å². The third kappa shape index (κ3) is 7.43. The summed E-state index contributed by atoms with van der Waals surface area (Å²) in [6, 6.07) is 0. The number of carbonyl (C=O) groups is 1. The molecule has 10 heavy (non-hydrogen) atoms. The first kappa shape index (κ1) is 9.43. The highest BCUT2D eigenvalue weighted by molar-refractivity contribution is 5.64. The zero-order chi connectivity index (χ0) is 7.82. The van der Waals surface area contributed by atoms with E-state index in [9.17, 15) is 9.90 Å². The van der Waals surface area contributed by atoms with E-state index >= 15 is 0 Å². The molecular weight excluding hydrogens is 130 g/mol. The van der Waals surface area contributed by atoms with Crippen LogP contribution in [-0.2, 0) is 4.79 Å². The summed E-state index contributed by atoms with van der Waals surface area (Å²) < 4.78 is 0. The van der Waals surface area contributed by atoms with Crippen molar-refractivity contribution in [1.29, 1.82) is 0 Å². The highest BCUT2D eigenvalue weighted by Gasteiger charge is 1.89. The molecule has 0 atom stereocenters. The van der Waals surface area contributed by atoms with E-state index in [1.165, 1.54) is 0 Å². The summed E-state index contributed by atoms with van der Waals surface area (Å²) in [4.78, 5) is 9.91. The van der Waals surface area contributed by atoms with Gasteiger partial charge in [0.25, 0.3) is 0 Å². The van der Waals surface area contributed by atoms with E-state index in [2.05, 4.69) is 12.2 Å². The Labute approximate surface area is 61.4 Å². The van der Waals surface area contributed by atoms with E-state index in [1.54, 1.807) is 0 Å². The summed E-state index contributed by atoms with van der Waals surface area (Å²) in [6.45, 7) is 4.10. The minimum absolute atomic E-state index is 0.195. The fourth-order valence-electron chi connectivity index (χ4n) is 0.739. The van der Waals surface area contributed by atoms with Crippen molar-refractivity contribution in [2.45, 2.75) is 26.2 Å². The molecule has 0 saturated heterocycles. The normalized spacial score (nSPS) is 9.70. The number of aliphatic carboxylic acids is 1. The zero-order valence-corrected chi connectivity index (χ0v) is 6.43. The molecule has 0 heterocycles. The zero-order valence-electron chi connectivity index (χ0n) is 6.43. The van der Waals surface area contributed by atoms with Gasteiger partial charge >= 0.3 is 0 Å². The van der Waals surface area contributed by atoms with E-state index < -0.39 is 5.97 Å². The number of nitrogens with two attached hydrogens (primary N) is 1. The van der Waals surface area contributed by atoms with Gasteiger partial charge in [0.15, 0.2) is 0 Å². The molecular formula is C7H15NO2.